The molecule has 4 rings (SSSR count). The summed E-state index contributed by atoms with van der Waals surface area (Å²) in [6.07, 6.45) is 2.60. The molecule has 32 heavy (non-hydrogen) atoms. The van der Waals surface area contributed by atoms with E-state index in [9.17, 15) is 13.2 Å². The Morgan fingerprint density at radius 3 is 2.66 bits per heavy atom. The number of hydrogen-bond acceptors (Lipinski definition) is 6. The van der Waals surface area contributed by atoms with Crippen LogP contribution in [0.5, 0.6) is 0 Å². The van der Waals surface area contributed by atoms with Crippen LogP contribution in [0, 0.1) is 0 Å². The largest absolute Gasteiger partial charge is 0.346 e. The Kier molecular flexibility index (Phi) is 6.68. The smallest absolute Gasteiger partial charge is 0.264 e. The molecule has 3 aromatic rings. The van der Waals surface area contributed by atoms with Crippen molar-refractivity contribution in [3.8, 4) is 0 Å². The zero-order chi connectivity index (χ0) is 22.7. The van der Waals surface area contributed by atoms with Gasteiger partial charge in [0.2, 0.25) is 0 Å². The first-order chi connectivity index (χ1) is 15.4. The van der Waals surface area contributed by atoms with E-state index in [1.807, 2.05) is 5.38 Å². The molecule has 1 aliphatic rings. The Bertz CT molecular complexity index is 1200. The summed E-state index contributed by atoms with van der Waals surface area (Å²) in [5.41, 5.74) is 0.803. The number of anilines is 2. The number of amides is 1. The van der Waals surface area contributed by atoms with Crippen molar-refractivity contribution in [3.63, 3.8) is 0 Å². The first kappa shape index (κ1) is 22.6. The normalized spacial score (nSPS) is 14.8. The highest BCUT2D eigenvalue weighted by atomic mass is 35.5. The Morgan fingerprint density at radius 2 is 1.91 bits per heavy atom. The summed E-state index contributed by atoms with van der Waals surface area (Å²) in [6, 6.07) is 12.8. The Hall–Kier alpha value is -2.62. The van der Waals surface area contributed by atoms with Crippen LogP contribution < -0.4 is 9.21 Å². The minimum Gasteiger partial charge on any atom is -0.346 e. The molecule has 1 fully saturated rings. The monoisotopic (exact) mass is 490 g/mol. The molecule has 1 amide bonds. The van der Waals surface area contributed by atoms with Crippen LogP contribution in [0.15, 0.2) is 65.0 Å². The fraction of sp³-hybridized carbons (Fsp3) is 0.273. The molecule has 2 aromatic carbocycles. The second-order valence-electron chi connectivity index (χ2n) is 7.43. The van der Waals surface area contributed by atoms with Gasteiger partial charge < -0.3 is 9.80 Å². The maximum absolute atomic E-state index is 13.2. The van der Waals surface area contributed by atoms with E-state index in [1.165, 1.54) is 23.5 Å². The lowest BCUT2D eigenvalue weighted by atomic mass is 10.2. The molecule has 0 bridgehead atoms. The number of benzene rings is 2. The topological polar surface area (TPSA) is 73.8 Å². The van der Waals surface area contributed by atoms with Gasteiger partial charge in [-0.25, -0.2) is 13.4 Å². The van der Waals surface area contributed by atoms with Crippen LogP contribution in [0.25, 0.3) is 0 Å². The third kappa shape index (κ3) is 4.74. The molecule has 1 aromatic heterocycles. The predicted molar refractivity (Wildman–Crippen MR) is 128 cm³/mol. The van der Waals surface area contributed by atoms with Gasteiger partial charge in [-0.05, 0) is 42.8 Å². The van der Waals surface area contributed by atoms with Gasteiger partial charge in [0.05, 0.1) is 10.6 Å². The molecule has 0 unspecified atom stereocenters. The molecule has 0 N–H and O–H groups in total. The molecule has 1 aliphatic heterocycles. The molecule has 0 spiro atoms. The van der Waals surface area contributed by atoms with Crippen molar-refractivity contribution in [2.45, 2.75) is 11.3 Å². The van der Waals surface area contributed by atoms with Crippen molar-refractivity contribution in [1.29, 1.82) is 0 Å². The third-order valence-electron chi connectivity index (χ3n) is 5.38. The van der Waals surface area contributed by atoms with E-state index in [-0.39, 0.29) is 10.8 Å². The summed E-state index contributed by atoms with van der Waals surface area (Å²) in [4.78, 5) is 21.6. The van der Waals surface area contributed by atoms with Crippen molar-refractivity contribution >= 4 is 49.7 Å². The third-order valence-corrected chi connectivity index (χ3v) is 8.23. The van der Waals surface area contributed by atoms with Crippen LogP contribution in [0.1, 0.15) is 16.8 Å². The highest BCUT2D eigenvalue weighted by Gasteiger charge is 2.25. The molecule has 168 valence electrons. The maximum Gasteiger partial charge on any atom is 0.264 e. The van der Waals surface area contributed by atoms with Crippen molar-refractivity contribution in [1.82, 2.24) is 9.88 Å². The van der Waals surface area contributed by atoms with E-state index >= 15 is 0 Å². The van der Waals surface area contributed by atoms with Crippen LogP contribution in [-0.4, -0.2) is 57.4 Å². The molecular formula is C22H23ClN4O3S2. The lowest BCUT2D eigenvalue weighted by Crippen LogP contribution is -2.35. The number of nitrogens with zero attached hydrogens (tertiary/aromatic N) is 4. The summed E-state index contributed by atoms with van der Waals surface area (Å²) in [6.45, 7) is 2.68. The second kappa shape index (κ2) is 9.48. The molecule has 0 atom stereocenters. The van der Waals surface area contributed by atoms with Crippen LogP contribution in [0.3, 0.4) is 0 Å². The standard InChI is InChI=1S/C22H23ClN4O3S2/c1-25(19-7-3-6-18(23)16-19)32(29,30)20-8-2-5-17(15-20)21(28)26-10-4-11-27(13-12-26)22-24-9-14-31-22/h2-3,5-9,14-16H,4,10-13H2,1H3. The highest BCUT2D eigenvalue weighted by Crippen LogP contribution is 2.26. The number of sulfonamides is 1. The number of aromatic nitrogens is 1. The zero-order valence-electron chi connectivity index (χ0n) is 17.5. The van der Waals surface area contributed by atoms with Crippen molar-refractivity contribution in [2.24, 2.45) is 0 Å². The molecule has 0 saturated carbocycles. The highest BCUT2D eigenvalue weighted by molar-refractivity contribution is 7.92. The Labute approximate surface area is 196 Å². The molecule has 0 radical (unpaired) electrons. The SMILES string of the molecule is CN(c1cccc(Cl)c1)S(=O)(=O)c1cccc(C(=O)N2CCCN(c3nccs3)CC2)c1. The van der Waals surface area contributed by atoms with Gasteiger partial charge in [-0.3, -0.25) is 9.10 Å². The van der Waals surface area contributed by atoms with Crippen LogP contribution >= 0.6 is 22.9 Å². The Morgan fingerprint density at radius 1 is 1.09 bits per heavy atom. The average molecular weight is 491 g/mol. The number of rotatable bonds is 5. The van der Waals surface area contributed by atoms with Gasteiger partial charge in [0, 0.05) is 55.4 Å². The van der Waals surface area contributed by atoms with Gasteiger partial charge in [-0.2, -0.15) is 0 Å². The molecule has 7 nitrogen and oxygen atoms in total. The fourth-order valence-corrected chi connectivity index (χ4v) is 5.74. The number of halogens is 1. The van der Waals surface area contributed by atoms with Gasteiger partial charge >= 0.3 is 0 Å². The summed E-state index contributed by atoms with van der Waals surface area (Å²) in [7, 11) is -2.38. The van der Waals surface area contributed by atoms with E-state index in [4.69, 9.17) is 11.6 Å². The lowest BCUT2D eigenvalue weighted by Gasteiger charge is -2.23. The molecule has 0 aliphatic carbocycles. The quantitative estimate of drug-likeness (QED) is 0.541. The average Bonchev–Trinajstić information content (AvgIpc) is 3.23. The summed E-state index contributed by atoms with van der Waals surface area (Å²) < 4.78 is 27.5. The van der Waals surface area contributed by atoms with E-state index in [0.29, 0.717) is 35.9 Å². The predicted octanol–water partition coefficient (Wildman–Crippen LogP) is 3.97. The van der Waals surface area contributed by atoms with Crippen molar-refractivity contribution in [3.05, 3.63) is 70.7 Å². The van der Waals surface area contributed by atoms with Gasteiger partial charge in [0.25, 0.3) is 15.9 Å². The maximum atomic E-state index is 13.2. The van der Waals surface area contributed by atoms with Crippen molar-refractivity contribution in [2.75, 3.05) is 42.4 Å². The van der Waals surface area contributed by atoms with Crippen LogP contribution in [0.4, 0.5) is 10.8 Å². The van der Waals surface area contributed by atoms with Crippen molar-refractivity contribution < 1.29 is 13.2 Å². The second-order valence-corrected chi connectivity index (χ2v) is 10.7. The molecule has 1 saturated heterocycles. The van der Waals surface area contributed by atoms with E-state index in [2.05, 4.69) is 9.88 Å². The van der Waals surface area contributed by atoms with E-state index < -0.39 is 10.0 Å². The Balaban J connectivity index is 1.52. The number of carbonyl (C=O) groups is 1. The lowest BCUT2D eigenvalue weighted by molar-refractivity contribution is 0.0767. The number of hydrogen-bond donors (Lipinski definition) is 0. The zero-order valence-corrected chi connectivity index (χ0v) is 19.9. The first-order valence-corrected chi connectivity index (χ1v) is 12.8. The number of thiazole rings is 1. The summed E-state index contributed by atoms with van der Waals surface area (Å²) in [5.74, 6) is -0.173. The fourth-order valence-electron chi connectivity index (χ4n) is 3.62. The van der Waals surface area contributed by atoms with Gasteiger partial charge in [-0.15, -0.1) is 11.3 Å². The minimum absolute atomic E-state index is 0.0602. The molecule has 10 heteroatoms. The van der Waals surface area contributed by atoms with Gasteiger partial charge in [0.15, 0.2) is 5.13 Å². The van der Waals surface area contributed by atoms with E-state index in [1.54, 1.807) is 58.8 Å². The molecular weight excluding hydrogens is 468 g/mol. The first-order valence-electron chi connectivity index (χ1n) is 10.1. The number of carbonyl (C=O) groups excluding carboxylic acids is 1. The van der Waals surface area contributed by atoms with Crippen LogP contribution in [-0.2, 0) is 10.0 Å². The van der Waals surface area contributed by atoms with Gasteiger partial charge in [0.1, 0.15) is 0 Å². The minimum atomic E-state index is -3.85. The molecule has 2 heterocycles. The van der Waals surface area contributed by atoms with E-state index in [0.717, 1.165) is 18.1 Å². The summed E-state index contributed by atoms with van der Waals surface area (Å²) >= 11 is 7.60. The van der Waals surface area contributed by atoms with Crippen LogP contribution in [0.2, 0.25) is 5.02 Å². The summed E-state index contributed by atoms with van der Waals surface area (Å²) in [5, 5.41) is 3.34. The van der Waals surface area contributed by atoms with Gasteiger partial charge in [-0.1, -0.05) is 23.7 Å².